The first-order chi connectivity index (χ1) is 13.4. The number of nitro benzene ring substituents is 1. The molecule has 0 radical (unpaired) electrons. The second-order valence-electron chi connectivity index (χ2n) is 6.11. The molecule has 2 N–H and O–H groups in total. The van der Waals surface area contributed by atoms with E-state index in [1.54, 1.807) is 49.4 Å². The molecule has 0 aromatic heterocycles. The third kappa shape index (κ3) is 3.73. The number of anilines is 1. The molecule has 3 aromatic carbocycles. The van der Waals surface area contributed by atoms with Crippen LogP contribution in [0.2, 0.25) is 0 Å². The Morgan fingerprint density at radius 3 is 2.07 bits per heavy atom. The molecule has 0 fully saturated rings. The Kier molecular flexibility index (Phi) is 5.17. The molecule has 0 aliphatic rings. The summed E-state index contributed by atoms with van der Waals surface area (Å²) in [5.41, 5.74) is 2.23. The van der Waals surface area contributed by atoms with Gasteiger partial charge in [0, 0.05) is 23.4 Å². The summed E-state index contributed by atoms with van der Waals surface area (Å²) >= 11 is 0. The molecule has 28 heavy (non-hydrogen) atoms. The van der Waals surface area contributed by atoms with E-state index >= 15 is 0 Å². The summed E-state index contributed by atoms with van der Waals surface area (Å²) in [6.07, 6.45) is 0. The molecule has 7 heteroatoms. The summed E-state index contributed by atoms with van der Waals surface area (Å²) in [5.74, 6) is -1.52. The van der Waals surface area contributed by atoms with Crippen molar-refractivity contribution in [3.63, 3.8) is 0 Å². The van der Waals surface area contributed by atoms with Gasteiger partial charge < -0.3 is 10.4 Å². The summed E-state index contributed by atoms with van der Waals surface area (Å²) in [6, 6.07) is 17.3. The predicted octanol–water partition coefficient (Wildman–Crippen LogP) is 4.52. The van der Waals surface area contributed by atoms with Crippen molar-refractivity contribution in [2.45, 2.75) is 6.92 Å². The molecular formula is C21H16N2O5. The number of carboxylic acids is 1. The van der Waals surface area contributed by atoms with Gasteiger partial charge in [-0.3, -0.25) is 14.9 Å². The van der Waals surface area contributed by atoms with E-state index in [4.69, 9.17) is 0 Å². The van der Waals surface area contributed by atoms with E-state index in [1.165, 1.54) is 24.3 Å². The van der Waals surface area contributed by atoms with Gasteiger partial charge in [0.15, 0.2) is 0 Å². The van der Waals surface area contributed by atoms with E-state index < -0.39 is 16.8 Å². The lowest BCUT2D eigenvalue weighted by Crippen LogP contribution is -2.14. The molecule has 7 nitrogen and oxygen atoms in total. The maximum Gasteiger partial charge on any atom is 0.336 e. The Balaban J connectivity index is 1.99. The minimum absolute atomic E-state index is 0.0636. The second-order valence-corrected chi connectivity index (χ2v) is 6.11. The highest BCUT2D eigenvalue weighted by molar-refractivity contribution is 6.10. The van der Waals surface area contributed by atoms with E-state index in [-0.39, 0.29) is 11.3 Å². The quantitative estimate of drug-likeness (QED) is 0.502. The molecule has 140 valence electrons. The standard InChI is InChI=1S/C21H16N2O5/c1-13-12-14(23(27)28)10-11-19(13)22-20(24)17-8-4-2-6-15(17)16-7-3-5-9-18(16)21(25)26/h2-12H,1H3,(H,22,24)(H,25,26). The minimum atomic E-state index is -1.09. The first kappa shape index (κ1) is 18.8. The number of non-ortho nitro benzene ring substituents is 1. The van der Waals surface area contributed by atoms with Crippen LogP contribution in [0.4, 0.5) is 11.4 Å². The maximum atomic E-state index is 12.9. The molecule has 0 unspecified atom stereocenters. The van der Waals surface area contributed by atoms with Crippen molar-refractivity contribution in [2.24, 2.45) is 0 Å². The van der Waals surface area contributed by atoms with Gasteiger partial charge in [-0.15, -0.1) is 0 Å². The van der Waals surface area contributed by atoms with Crippen LogP contribution in [0.5, 0.6) is 0 Å². The number of nitrogens with zero attached hydrogens (tertiary/aromatic N) is 1. The lowest BCUT2D eigenvalue weighted by Gasteiger charge is -2.13. The highest BCUT2D eigenvalue weighted by atomic mass is 16.6. The summed E-state index contributed by atoms with van der Waals surface area (Å²) < 4.78 is 0. The number of rotatable bonds is 5. The number of nitrogens with one attached hydrogen (secondary N) is 1. The van der Waals surface area contributed by atoms with Gasteiger partial charge in [0.25, 0.3) is 11.6 Å². The number of aryl methyl sites for hydroxylation is 1. The molecule has 0 aliphatic carbocycles. The van der Waals surface area contributed by atoms with Crippen molar-refractivity contribution < 1.29 is 19.6 Å². The summed E-state index contributed by atoms with van der Waals surface area (Å²) in [7, 11) is 0. The molecule has 0 bridgehead atoms. The minimum Gasteiger partial charge on any atom is -0.478 e. The van der Waals surface area contributed by atoms with E-state index in [1.807, 2.05) is 0 Å². The normalized spacial score (nSPS) is 10.3. The molecule has 0 heterocycles. The zero-order valence-corrected chi connectivity index (χ0v) is 14.9. The lowest BCUT2D eigenvalue weighted by molar-refractivity contribution is -0.384. The molecule has 1 amide bonds. The van der Waals surface area contributed by atoms with Gasteiger partial charge in [0.2, 0.25) is 0 Å². The molecule has 0 saturated carbocycles. The Morgan fingerprint density at radius 2 is 1.50 bits per heavy atom. The van der Waals surface area contributed by atoms with Crippen LogP contribution < -0.4 is 5.32 Å². The second kappa shape index (κ2) is 7.71. The van der Waals surface area contributed by atoms with E-state index in [0.717, 1.165) is 0 Å². The summed E-state index contributed by atoms with van der Waals surface area (Å²) in [6.45, 7) is 1.66. The highest BCUT2D eigenvalue weighted by Crippen LogP contribution is 2.29. The summed E-state index contributed by atoms with van der Waals surface area (Å²) in [4.78, 5) is 34.8. The van der Waals surface area contributed by atoms with Gasteiger partial charge in [-0.05, 0) is 41.8 Å². The number of aromatic carboxylic acids is 1. The fraction of sp³-hybridized carbons (Fsp3) is 0.0476. The molecule has 3 rings (SSSR count). The topological polar surface area (TPSA) is 110 Å². The van der Waals surface area contributed by atoms with E-state index in [2.05, 4.69) is 5.32 Å². The molecule has 0 atom stereocenters. The van der Waals surface area contributed by atoms with Gasteiger partial charge in [-0.25, -0.2) is 4.79 Å². The first-order valence-corrected chi connectivity index (χ1v) is 8.36. The largest absolute Gasteiger partial charge is 0.478 e. The molecule has 0 saturated heterocycles. The number of carbonyl (C=O) groups excluding carboxylic acids is 1. The van der Waals surface area contributed by atoms with Crippen molar-refractivity contribution >= 4 is 23.3 Å². The van der Waals surface area contributed by atoms with Crippen molar-refractivity contribution in [1.82, 2.24) is 0 Å². The average Bonchev–Trinajstić information content (AvgIpc) is 2.69. The highest BCUT2D eigenvalue weighted by Gasteiger charge is 2.18. The van der Waals surface area contributed by atoms with Crippen molar-refractivity contribution in [2.75, 3.05) is 5.32 Å². The zero-order chi connectivity index (χ0) is 20.3. The zero-order valence-electron chi connectivity index (χ0n) is 14.9. The third-order valence-corrected chi connectivity index (χ3v) is 4.29. The predicted molar refractivity (Wildman–Crippen MR) is 105 cm³/mol. The fourth-order valence-electron chi connectivity index (χ4n) is 2.91. The van der Waals surface area contributed by atoms with Crippen molar-refractivity contribution in [3.05, 3.63) is 93.5 Å². The van der Waals surface area contributed by atoms with Crippen LogP contribution in [0, 0.1) is 17.0 Å². The van der Waals surface area contributed by atoms with Gasteiger partial charge in [-0.2, -0.15) is 0 Å². The molecular weight excluding hydrogens is 360 g/mol. The number of carbonyl (C=O) groups is 2. The van der Waals surface area contributed by atoms with E-state index in [9.17, 15) is 24.8 Å². The number of carboxylic acid groups (broad SMARTS) is 1. The van der Waals surface area contributed by atoms with Gasteiger partial charge in [0.05, 0.1) is 10.5 Å². The van der Waals surface area contributed by atoms with Crippen LogP contribution in [0.25, 0.3) is 11.1 Å². The molecule has 3 aromatic rings. The monoisotopic (exact) mass is 376 g/mol. The molecule has 0 spiro atoms. The van der Waals surface area contributed by atoms with Gasteiger partial charge in [0.1, 0.15) is 0 Å². The van der Waals surface area contributed by atoms with Crippen LogP contribution in [0.3, 0.4) is 0 Å². The Morgan fingerprint density at radius 1 is 0.929 bits per heavy atom. The van der Waals surface area contributed by atoms with Gasteiger partial charge in [-0.1, -0.05) is 36.4 Å². The van der Waals surface area contributed by atoms with Crippen molar-refractivity contribution in [3.8, 4) is 11.1 Å². The number of hydrogen-bond acceptors (Lipinski definition) is 4. The van der Waals surface area contributed by atoms with Crippen molar-refractivity contribution in [1.29, 1.82) is 0 Å². The SMILES string of the molecule is Cc1cc([N+](=O)[O-])ccc1NC(=O)c1ccccc1-c1ccccc1C(=O)O. The fourth-order valence-corrected chi connectivity index (χ4v) is 2.91. The van der Waals surface area contributed by atoms with Crippen LogP contribution >= 0.6 is 0 Å². The smallest absolute Gasteiger partial charge is 0.336 e. The number of hydrogen-bond donors (Lipinski definition) is 2. The maximum absolute atomic E-state index is 12.9. The lowest BCUT2D eigenvalue weighted by atomic mass is 9.95. The molecule has 0 aliphatic heterocycles. The van der Waals surface area contributed by atoms with Crippen LogP contribution in [-0.2, 0) is 0 Å². The van der Waals surface area contributed by atoms with Crippen LogP contribution in [-0.4, -0.2) is 21.9 Å². The van der Waals surface area contributed by atoms with Crippen LogP contribution in [0.15, 0.2) is 66.7 Å². The van der Waals surface area contributed by atoms with Gasteiger partial charge >= 0.3 is 5.97 Å². The average molecular weight is 376 g/mol. The Labute approximate surface area is 160 Å². The number of benzene rings is 3. The number of amides is 1. The third-order valence-electron chi connectivity index (χ3n) is 4.29. The number of nitro groups is 1. The Bertz CT molecular complexity index is 1090. The Hall–Kier alpha value is -4.00. The summed E-state index contributed by atoms with van der Waals surface area (Å²) in [5, 5.41) is 23.1. The van der Waals surface area contributed by atoms with E-state index in [0.29, 0.717) is 27.9 Å². The first-order valence-electron chi connectivity index (χ1n) is 8.36. The van der Waals surface area contributed by atoms with Crippen LogP contribution in [0.1, 0.15) is 26.3 Å².